The summed E-state index contributed by atoms with van der Waals surface area (Å²) in [5.41, 5.74) is 7.86. The van der Waals surface area contributed by atoms with Crippen LogP contribution < -0.4 is 0 Å². The number of H-pyrrole nitrogens is 2. The molecule has 4 nitrogen and oxygen atoms in total. The van der Waals surface area contributed by atoms with Crippen LogP contribution in [0.25, 0.3) is 46.4 Å². The molecule has 0 aliphatic carbocycles. The van der Waals surface area contributed by atoms with E-state index in [1.54, 1.807) is 0 Å². The Hall–Kier alpha value is -2.89. The van der Waals surface area contributed by atoms with E-state index in [-0.39, 0.29) is 24.2 Å². The maximum Gasteiger partial charge on any atom is 0.0658 e. The van der Waals surface area contributed by atoms with E-state index in [9.17, 15) is 0 Å². The monoisotopic (exact) mass is 381 g/mol. The first-order valence-corrected chi connectivity index (χ1v) is 7.85. The topological polar surface area (TPSA) is 57.4 Å². The van der Waals surface area contributed by atoms with Crippen molar-refractivity contribution in [2.75, 3.05) is 0 Å². The number of hydrogen-bond acceptors (Lipinski definition) is 2. The van der Waals surface area contributed by atoms with Gasteiger partial charge in [-0.05, 0) is 72.8 Å². The van der Waals surface area contributed by atoms with Crippen LogP contribution >= 0.6 is 0 Å². The van der Waals surface area contributed by atoms with Gasteiger partial charge in [0.25, 0.3) is 0 Å². The second kappa shape index (κ2) is 7.15. The maximum atomic E-state index is 4.63. The number of nitrogens with zero attached hydrogens (tertiary/aromatic N) is 2. The van der Waals surface area contributed by atoms with Crippen molar-refractivity contribution in [1.29, 1.82) is 0 Å². The third kappa shape index (κ3) is 3.54. The Balaban J connectivity index is 0.000000980. The van der Waals surface area contributed by atoms with Gasteiger partial charge in [0, 0.05) is 46.3 Å². The number of aromatic amines is 2. The summed E-state index contributed by atoms with van der Waals surface area (Å²) in [6, 6.07) is 16.4. The standard InChI is InChI=1S/C20H14N4.C.Co/c1-2-14-10-16-5-6-18(23-16)12-20-8-7-19(24-20)11-17-4-3-15(22-17)9-13(1)21-14;;/h1-12,21,24H;;. The average Bonchev–Trinajstić information content (AvgIpc) is 3.32. The summed E-state index contributed by atoms with van der Waals surface area (Å²) in [7, 11) is 0. The number of fused-ring (bicyclic) bond motifs is 8. The Morgan fingerprint density at radius 1 is 0.500 bits per heavy atom. The van der Waals surface area contributed by atoms with E-state index >= 15 is 0 Å². The zero-order valence-electron chi connectivity index (χ0n) is 13.7. The minimum absolute atomic E-state index is 0. The maximum absolute atomic E-state index is 4.63. The summed E-state index contributed by atoms with van der Waals surface area (Å²) in [6.07, 6.45) is 8.09. The van der Waals surface area contributed by atoms with Crippen LogP contribution in [0.15, 0.2) is 48.5 Å². The second-order valence-corrected chi connectivity index (χ2v) is 5.91. The Bertz CT molecular complexity index is 990. The van der Waals surface area contributed by atoms with E-state index in [1.807, 2.05) is 48.6 Å². The van der Waals surface area contributed by atoms with Gasteiger partial charge in [-0.25, -0.2) is 9.97 Å². The largest absolute Gasteiger partial charge is 0.355 e. The Morgan fingerprint density at radius 3 is 1.04 bits per heavy atom. The summed E-state index contributed by atoms with van der Waals surface area (Å²) in [5, 5.41) is 0. The van der Waals surface area contributed by atoms with Crippen molar-refractivity contribution >= 4 is 46.4 Å². The smallest absolute Gasteiger partial charge is 0.0658 e. The summed E-state index contributed by atoms with van der Waals surface area (Å²) < 4.78 is 0. The van der Waals surface area contributed by atoms with Gasteiger partial charge >= 0.3 is 0 Å². The second-order valence-electron chi connectivity index (χ2n) is 5.91. The fraction of sp³-hybridized carbons (Fsp3) is 0. The molecule has 26 heavy (non-hydrogen) atoms. The molecule has 5 rings (SSSR count). The van der Waals surface area contributed by atoms with Crippen LogP contribution in [0.1, 0.15) is 22.8 Å². The Morgan fingerprint density at radius 2 is 0.769 bits per heavy atom. The van der Waals surface area contributed by atoms with Crippen LogP contribution in [-0.4, -0.2) is 19.9 Å². The van der Waals surface area contributed by atoms with Gasteiger partial charge in [0.2, 0.25) is 0 Å². The first-order chi connectivity index (χ1) is 11.8. The van der Waals surface area contributed by atoms with Gasteiger partial charge in [-0.15, -0.1) is 0 Å². The van der Waals surface area contributed by atoms with Gasteiger partial charge < -0.3 is 9.97 Å². The molecule has 0 spiro atoms. The molecule has 5 heterocycles. The molecular formula is C21H14CoN4. The quantitative estimate of drug-likeness (QED) is 0.407. The van der Waals surface area contributed by atoms with Crippen molar-refractivity contribution in [2.24, 2.45) is 0 Å². The van der Waals surface area contributed by atoms with Crippen molar-refractivity contribution in [3.63, 3.8) is 0 Å². The summed E-state index contributed by atoms with van der Waals surface area (Å²) >= 11 is 0. The van der Waals surface area contributed by atoms with Crippen molar-refractivity contribution in [3.05, 3.63) is 78.7 Å². The van der Waals surface area contributed by atoms with E-state index in [0.29, 0.717) is 0 Å². The average molecular weight is 381 g/mol. The van der Waals surface area contributed by atoms with Crippen LogP contribution in [0.4, 0.5) is 0 Å². The van der Waals surface area contributed by atoms with Gasteiger partial charge in [0.05, 0.1) is 22.8 Å². The molecule has 0 aromatic carbocycles. The van der Waals surface area contributed by atoms with E-state index in [0.717, 1.165) is 44.8 Å². The Kier molecular flexibility index (Phi) is 4.93. The normalized spacial score (nSPS) is 11.7. The van der Waals surface area contributed by atoms with E-state index in [2.05, 4.69) is 44.2 Å². The Labute approximate surface area is 161 Å². The molecule has 0 amide bonds. The molecule has 0 atom stereocenters. The third-order valence-corrected chi connectivity index (χ3v) is 4.04. The van der Waals surface area contributed by atoms with Gasteiger partial charge in [-0.3, -0.25) is 0 Å². The molecule has 2 aliphatic rings. The molecule has 5 radical (unpaired) electrons. The van der Waals surface area contributed by atoms with Gasteiger partial charge in [-0.2, -0.15) is 0 Å². The van der Waals surface area contributed by atoms with Crippen LogP contribution in [0.3, 0.4) is 0 Å². The van der Waals surface area contributed by atoms with Crippen molar-refractivity contribution < 1.29 is 16.8 Å². The van der Waals surface area contributed by atoms with Crippen LogP contribution in [-0.2, 0) is 16.8 Å². The molecule has 3 aromatic rings. The number of hydrogen-bond donors (Lipinski definition) is 2. The molecule has 8 bridgehead atoms. The van der Waals surface area contributed by atoms with Crippen molar-refractivity contribution in [3.8, 4) is 0 Å². The van der Waals surface area contributed by atoms with E-state index < -0.39 is 0 Å². The zero-order chi connectivity index (χ0) is 15.9. The zero-order valence-corrected chi connectivity index (χ0v) is 14.7. The van der Waals surface area contributed by atoms with Crippen molar-refractivity contribution in [2.45, 2.75) is 0 Å². The van der Waals surface area contributed by atoms with Gasteiger partial charge in [0.15, 0.2) is 0 Å². The first kappa shape index (κ1) is 17.9. The predicted molar refractivity (Wildman–Crippen MR) is 102 cm³/mol. The molecule has 0 saturated carbocycles. The fourth-order valence-corrected chi connectivity index (χ4v) is 2.94. The van der Waals surface area contributed by atoms with Crippen molar-refractivity contribution in [1.82, 2.24) is 19.9 Å². The van der Waals surface area contributed by atoms with Gasteiger partial charge in [0.1, 0.15) is 0 Å². The van der Waals surface area contributed by atoms with Crippen LogP contribution in [0.2, 0.25) is 0 Å². The number of aromatic nitrogens is 4. The number of nitrogens with one attached hydrogen (secondary N) is 2. The molecule has 3 aromatic heterocycles. The minimum Gasteiger partial charge on any atom is -0.355 e. The summed E-state index contributed by atoms with van der Waals surface area (Å²) in [5.74, 6) is 0. The molecule has 2 N–H and O–H groups in total. The molecule has 2 aliphatic heterocycles. The molecule has 127 valence electrons. The molecule has 0 fully saturated rings. The van der Waals surface area contributed by atoms with Gasteiger partial charge in [-0.1, -0.05) is 0 Å². The molecule has 0 unspecified atom stereocenters. The van der Waals surface area contributed by atoms with Crippen LogP contribution in [0, 0.1) is 7.43 Å². The summed E-state index contributed by atoms with van der Waals surface area (Å²) in [6.45, 7) is 0. The molecule has 5 heteroatoms. The minimum atomic E-state index is 0. The fourth-order valence-electron chi connectivity index (χ4n) is 2.94. The third-order valence-electron chi connectivity index (χ3n) is 4.04. The predicted octanol–water partition coefficient (Wildman–Crippen LogP) is 4.73. The van der Waals surface area contributed by atoms with Crippen LogP contribution in [0.5, 0.6) is 0 Å². The SMILES string of the molecule is C1=Cc2cc3ccc(cc4nc(cc5ccc(cc1n2)[nH]5)C=C4)[nH]3.[C].[Co]. The first-order valence-electron chi connectivity index (χ1n) is 7.85. The molecular weight excluding hydrogens is 367 g/mol. The summed E-state index contributed by atoms with van der Waals surface area (Å²) in [4.78, 5) is 16.0. The van der Waals surface area contributed by atoms with E-state index in [4.69, 9.17) is 0 Å². The van der Waals surface area contributed by atoms with E-state index in [1.165, 1.54) is 0 Å². The molecule has 0 saturated heterocycles. The number of rotatable bonds is 0.